The zero-order valence-corrected chi connectivity index (χ0v) is 19.5. The summed E-state index contributed by atoms with van der Waals surface area (Å²) in [6, 6.07) is 18.8. The standard InChI is InChI=1S/C29H29FO4/c1-17(29(31)32)28(21-8-9-21)22-10-7-20-11-14-26(34-27(20)15-22)19-5-3-18(4-6-19)24-16-23(33-2)12-13-25(24)30/h3-7,10,12-13,15-17,21,26,28H,8-9,11,14H2,1-2H3,(H,31,32). The second-order valence-electron chi connectivity index (χ2n) is 9.47. The van der Waals surface area contributed by atoms with Gasteiger partial charge in [-0.25, -0.2) is 4.39 Å². The first-order valence-corrected chi connectivity index (χ1v) is 11.9. The van der Waals surface area contributed by atoms with Crippen molar-refractivity contribution in [3.63, 3.8) is 0 Å². The molecule has 3 unspecified atom stereocenters. The van der Waals surface area contributed by atoms with Crippen molar-refractivity contribution in [1.29, 1.82) is 0 Å². The quantitative estimate of drug-likeness (QED) is 0.422. The molecule has 1 N–H and O–H groups in total. The van der Waals surface area contributed by atoms with E-state index in [-0.39, 0.29) is 17.8 Å². The van der Waals surface area contributed by atoms with Crippen molar-refractivity contribution in [3.8, 4) is 22.6 Å². The van der Waals surface area contributed by atoms with E-state index in [1.54, 1.807) is 26.2 Å². The molecule has 1 heterocycles. The van der Waals surface area contributed by atoms with Crippen LogP contribution in [-0.2, 0) is 11.2 Å². The smallest absolute Gasteiger partial charge is 0.306 e. The number of hydrogen-bond acceptors (Lipinski definition) is 3. The summed E-state index contributed by atoms with van der Waals surface area (Å²) in [6.07, 6.45) is 3.83. The Labute approximate surface area is 199 Å². The SMILES string of the molecule is COc1ccc(F)c(-c2ccc(C3CCc4ccc(C(C5CC5)C(C)C(=O)O)cc4O3)cc2)c1. The van der Waals surface area contributed by atoms with Gasteiger partial charge in [0.15, 0.2) is 0 Å². The number of carbonyl (C=O) groups is 1. The van der Waals surface area contributed by atoms with E-state index < -0.39 is 11.9 Å². The fourth-order valence-corrected chi connectivity index (χ4v) is 5.14. The Hall–Kier alpha value is -3.34. The number of carboxylic acid groups (broad SMARTS) is 1. The third-order valence-electron chi connectivity index (χ3n) is 7.25. The summed E-state index contributed by atoms with van der Waals surface area (Å²) >= 11 is 0. The van der Waals surface area contributed by atoms with E-state index in [9.17, 15) is 14.3 Å². The van der Waals surface area contributed by atoms with Gasteiger partial charge in [-0.3, -0.25) is 4.79 Å². The lowest BCUT2D eigenvalue weighted by molar-refractivity contribution is -0.142. The van der Waals surface area contributed by atoms with Gasteiger partial charge in [0.2, 0.25) is 0 Å². The maximum Gasteiger partial charge on any atom is 0.306 e. The molecule has 0 spiro atoms. The predicted molar refractivity (Wildman–Crippen MR) is 129 cm³/mol. The Morgan fingerprint density at radius 1 is 1.06 bits per heavy atom. The van der Waals surface area contributed by atoms with Gasteiger partial charge < -0.3 is 14.6 Å². The maximum absolute atomic E-state index is 14.4. The molecule has 1 fully saturated rings. The number of benzene rings is 3. The average molecular weight is 461 g/mol. The second kappa shape index (κ2) is 9.13. The molecule has 0 amide bonds. The summed E-state index contributed by atoms with van der Waals surface area (Å²) in [4.78, 5) is 11.7. The first-order chi connectivity index (χ1) is 16.4. The normalized spacial score (nSPS) is 19.0. The minimum absolute atomic E-state index is 0.0174. The van der Waals surface area contributed by atoms with Crippen LogP contribution in [0.15, 0.2) is 60.7 Å². The average Bonchev–Trinajstić information content (AvgIpc) is 3.69. The number of ether oxygens (including phenoxy) is 2. The van der Waals surface area contributed by atoms with Crippen LogP contribution in [0, 0.1) is 17.7 Å². The van der Waals surface area contributed by atoms with Crippen molar-refractivity contribution in [2.75, 3.05) is 7.11 Å². The van der Waals surface area contributed by atoms with Crippen LogP contribution < -0.4 is 9.47 Å². The van der Waals surface area contributed by atoms with E-state index in [0.29, 0.717) is 17.2 Å². The van der Waals surface area contributed by atoms with Gasteiger partial charge in [-0.1, -0.05) is 43.3 Å². The summed E-state index contributed by atoms with van der Waals surface area (Å²) in [7, 11) is 1.57. The van der Waals surface area contributed by atoms with Crippen molar-refractivity contribution in [3.05, 3.63) is 83.2 Å². The lowest BCUT2D eigenvalue weighted by Gasteiger charge is -2.29. The Balaban J connectivity index is 1.37. The molecule has 0 bridgehead atoms. The highest BCUT2D eigenvalue weighted by atomic mass is 19.1. The van der Waals surface area contributed by atoms with Gasteiger partial charge in [0, 0.05) is 5.56 Å². The largest absolute Gasteiger partial charge is 0.497 e. The highest BCUT2D eigenvalue weighted by Crippen LogP contribution is 2.48. The second-order valence-corrected chi connectivity index (χ2v) is 9.47. The molecular weight excluding hydrogens is 431 g/mol. The Kier molecular flexibility index (Phi) is 6.03. The van der Waals surface area contributed by atoms with Gasteiger partial charge in [0.05, 0.1) is 13.0 Å². The molecular formula is C29H29FO4. The molecule has 5 rings (SSSR count). The summed E-state index contributed by atoms with van der Waals surface area (Å²) < 4.78 is 26.0. The van der Waals surface area contributed by atoms with Crippen molar-refractivity contribution in [2.24, 2.45) is 11.8 Å². The van der Waals surface area contributed by atoms with Crippen LogP contribution in [0.2, 0.25) is 0 Å². The zero-order valence-electron chi connectivity index (χ0n) is 19.5. The molecule has 0 saturated heterocycles. The molecule has 5 heteroatoms. The predicted octanol–water partition coefficient (Wildman–Crippen LogP) is 6.78. The summed E-state index contributed by atoms with van der Waals surface area (Å²) in [5.41, 5.74) is 4.55. The third kappa shape index (κ3) is 4.39. The molecule has 34 heavy (non-hydrogen) atoms. The minimum Gasteiger partial charge on any atom is -0.497 e. The summed E-state index contributed by atoms with van der Waals surface area (Å²) in [5, 5.41) is 9.61. The summed E-state index contributed by atoms with van der Waals surface area (Å²) in [5.74, 6) is 0.460. The van der Waals surface area contributed by atoms with Gasteiger partial charge in [0.25, 0.3) is 0 Å². The summed E-state index contributed by atoms with van der Waals surface area (Å²) in [6.45, 7) is 1.81. The Morgan fingerprint density at radius 2 is 1.82 bits per heavy atom. The highest BCUT2D eigenvalue weighted by molar-refractivity contribution is 5.71. The van der Waals surface area contributed by atoms with Gasteiger partial charge in [-0.15, -0.1) is 0 Å². The number of aryl methyl sites for hydroxylation is 1. The molecule has 0 radical (unpaired) electrons. The van der Waals surface area contributed by atoms with Crippen LogP contribution in [0.5, 0.6) is 11.5 Å². The van der Waals surface area contributed by atoms with E-state index in [2.05, 4.69) is 18.2 Å². The van der Waals surface area contributed by atoms with Crippen LogP contribution >= 0.6 is 0 Å². The van der Waals surface area contributed by atoms with Gasteiger partial charge in [-0.2, -0.15) is 0 Å². The molecule has 1 saturated carbocycles. The number of aliphatic carboxylic acids is 1. The van der Waals surface area contributed by atoms with E-state index in [4.69, 9.17) is 9.47 Å². The van der Waals surface area contributed by atoms with E-state index in [0.717, 1.165) is 53.7 Å². The number of carboxylic acids is 1. The first-order valence-electron chi connectivity index (χ1n) is 11.9. The molecule has 3 aromatic carbocycles. The van der Waals surface area contributed by atoms with Crippen LogP contribution in [0.3, 0.4) is 0 Å². The van der Waals surface area contributed by atoms with Crippen molar-refractivity contribution < 1.29 is 23.8 Å². The van der Waals surface area contributed by atoms with Crippen molar-refractivity contribution in [2.45, 2.75) is 44.6 Å². The molecule has 176 valence electrons. The van der Waals surface area contributed by atoms with Gasteiger partial charge in [0.1, 0.15) is 23.4 Å². The van der Waals surface area contributed by atoms with E-state index >= 15 is 0 Å². The third-order valence-corrected chi connectivity index (χ3v) is 7.25. The van der Waals surface area contributed by atoms with Crippen LogP contribution in [0.25, 0.3) is 11.1 Å². The monoisotopic (exact) mass is 460 g/mol. The fraction of sp³-hybridized carbons (Fsp3) is 0.345. The minimum atomic E-state index is -0.749. The molecule has 4 nitrogen and oxygen atoms in total. The fourth-order valence-electron chi connectivity index (χ4n) is 5.14. The van der Waals surface area contributed by atoms with Crippen LogP contribution in [0.4, 0.5) is 4.39 Å². The first kappa shape index (κ1) is 22.5. The highest BCUT2D eigenvalue weighted by Gasteiger charge is 2.39. The van der Waals surface area contributed by atoms with E-state index in [1.807, 2.05) is 24.3 Å². The van der Waals surface area contributed by atoms with E-state index in [1.165, 1.54) is 6.07 Å². The van der Waals surface area contributed by atoms with Gasteiger partial charge >= 0.3 is 5.97 Å². The number of hydrogen-bond donors (Lipinski definition) is 1. The number of methoxy groups -OCH3 is 1. The molecule has 1 aliphatic heterocycles. The topological polar surface area (TPSA) is 55.8 Å². The zero-order chi connectivity index (χ0) is 23.8. The Bertz CT molecular complexity index is 1200. The number of halogens is 1. The molecule has 3 atom stereocenters. The molecule has 1 aliphatic carbocycles. The number of rotatable bonds is 7. The molecule has 3 aromatic rings. The maximum atomic E-state index is 14.4. The lowest BCUT2D eigenvalue weighted by atomic mass is 9.82. The van der Waals surface area contributed by atoms with Crippen LogP contribution in [0.1, 0.15) is 54.9 Å². The van der Waals surface area contributed by atoms with Crippen molar-refractivity contribution in [1.82, 2.24) is 0 Å². The van der Waals surface area contributed by atoms with Crippen LogP contribution in [-0.4, -0.2) is 18.2 Å². The molecule has 0 aromatic heterocycles. The lowest BCUT2D eigenvalue weighted by Crippen LogP contribution is -2.21. The number of fused-ring (bicyclic) bond motifs is 1. The van der Waals surface area contributed by atoms with Crippen molar-refractivity contribution >= 4 is 5.97 Å². The van der Waals surface area contributed by atoms with Gasteiger partial charge in [-0.05, 0) is 84.0 Å². The Morgan fingerprint density at radius 3 is 2.50 bits per heavy atom. The molecule has 2 aliphatic rings.